The minimum Gasteiger partial charge on any atom is -0.352 e. The summed E-state index contributed by atoms with van der Waals surface area (Å²) < 4.78 is 27.6. The van der Waals surface area contributed by atoms with Gasteiger partial charge in [0.25, 0.3) is 10.0 Å². The first-order valence-electron chi connectivity index (χ1n) is 5.65. The van der Waals surface area contributed by atoms with Crippen LogP contribution in [0.3, 0.4) is 0 Å². The molecule has 1 aliphatic rings. The number of carbonyl (C=O) groups is 1. The number of aromatic nitrogens is 3. The van der Waals surface area contributed by atoms with E-state index in [-0.39, 0.29) is 28.1 Å². The summed E-state index contributed by atoms with van der Waals surface area (Å²) in [6.07, 6.45) is 0.599. The van der Waals surface area contributed by atoms with E-state index < -0.39 is 10.0 Å². The van der Waals surface area contributed by atoms with E-state index in [0.29, 0.717) is 13.0 Å². The van der Waals surface area contributed by atoms with Crippen LogP contribution in [0.15, 0.2) is 9.63 Å². The van der Waals surface area contributed by atoms with Crippen molar-refractivity contribution in [3.63, 3.8) is 0 Å². The SMILES string of the molecule is CC(=O)NC1CCN(S(=O)(=O)c2c(Br)nnn2C)C1. The second kappa shape index (κ2) is 5.17. The van der Waals surface area contributed by atoms with Crippen LogP contribution in [0.1, 0.15) is 13.3 Å². The minimum absolute atomic E-state index is 0.0241. The first-order chi connectivity index (χ1) is 8.82. The Morgan fingerprint density at radius 3 is 2.74 bits per heavy atom. The fourth-order valence-electron chi connectivity index (χ4n) is 2.07. The van der Waals surface area contributed by atoms with Crippen molar-refractivity contribution < 1.29 is 13.2 Å². The molecule has 0 radical (unpaired) electrons. The summed E-state index contributed by atoms with van der Waals surface area (Å²) in [5, 5.41) is 10.1. The third-order valence-electron chi connectivity index (χ3n) is 2.88. The molecule has 1 amide bonds. The molecular formula is C9H14BrN5O3S. The Morgan fingerprint density at radius 2 is 2.21 bits per heavy atom. The number of nitrogens with zero attached hydrogens (tertiary/aromatic N) is 4. The molecule has 1 saturated heterocycles. The van der Waals surface area contributed by atoms with E-state index in [9.17, 15) is 13.2 Å². The molecule has 1 unspecified atom stereocenters. The van der Waals surface area contributed by atoms with Gasteiger partial charge < -0.3 is 5.32 Å². The maximum atomic E-state index is 12.5. The molecule has 106 valence electrons. The normalized spacial score (nSPS) is 20.7. The number of rotatable bonds is 3. The summed E-state index contributed by atoms with van der Waals surface area (Å²) in [6, 6.07) is -0.146. The largest absolute Gasteiger partial charge is 0.352 e. The van der Waals surface area contributed by atoms with E-state index in [0.717, 1.165) is 0 Å². The zero-order chi connectivity index (χ0) is 14.2. The third kappa shape index (κ3) is 2.79. The highest BCUT2D eigenvalue weighted by atomic mass is 79.9. The molecule has 8 nitrogen and oxygen atoms in total. The van der Waals surface area contributed by atoms with Gasteiger partial charge in [0.15, 0.2) is 4.60 Å². The maximum Gasteiger partial charge on any atom is 0.263 e. The number of aryl methyl sites for hydroxylation is 1. The molecule has 19 heavy (non-hydrogen) atoms. The Kier molecular flexibility index (Phi) is 3.92. The van der Waals surface area contributed by atoms with E-state index in [4.69, 9.17) is 0 Å². The lowest BCUT2D eigenvalue weighted by atomic mass is 10.3. The first kappa shape index (κ1) is 14.4. The van der Waals surface area contributed by atoms with Crippen LogP contribution in [0.4, 0.5) is 0 Å². The quantitative estimate of drug-likeness (QED) is 0.789. The standard InChI is InChI=1S/C9H14BrN5O3S/c1-6(16)11-7-3-4-15(5-7)19(17,18)9-8(10)12-13-14(9)2/h7H,3-5H2,1-2H3,(H,11,16). The Hall–Kier alpha value is -1.00. The Labute approximate surface area is 119 Å². The average Bonchev–Trinajstić information content (AvgIpc) is 2.86. The monoisotopic (exact) mass is 351 g/mol. The summed E-state index contributed by atoms with van der Waals surface area (Å²) >= 11 is 3.09. The molecule has 10 heteroatoms. The van der Waals surface area contributed by atoms with Crippen molar-refractivity contribution in [3.8, 4) is 0 Å². The highest BCUT2D eigenvalue weighted by Crippen LogP contribution is 2.25. The van der Waals surface area contributed by atoms with Crippen LogP contribution in [-0.4, -0.2) is 52.8 Å². The zero-order valence-corrected chi connectivity index (χ0v) is 12.9. The number of sulfonamides is 1. The molecule has 1 N–H and O–H groups in total. The van der Waals surface area contributed by atoms with E-state index in [2.05, 4.69) is 31.6 Å². The van der Waals surface area contributed by atoms with Gasteiger partial charge in [-0.2, -0.15) is 4.31 Å². The van der Waals surface area contributed by atoms with E-state index in [1.165, 1.54) is 23.0 Å². The zero-order valence-electron chi connectivity index (χ0n) is 10.5. The molecule has 0 saturated carbocycles. The Morgan fingerprint density at radius 1 is 1.53 bits per heavy atom. The maximum absolute atomic E-state index is 12.5. The summed E-state index contributed by atoms with van der Waals surface area (Å²) in [6.45, 7) is 2.04. The molecule has 0 aromatic carbocycles. The molecule has 1 atom stereocenters. The molecule has 1 fully saturated rings. The first-order valence-corrected chi connectivity index (χ1v) is 7.88. The fourth-order valence-corrected chi connectivity index (χ4v) is 4.60. The van der Waals surface area contributed by atoms with Crippen molar-refractivity contribution in [2.75, 3.05) is 13.1 Å². The van der Waals surface area contributed by atoms with Gasteiger partial charge >= 0.3 is 0 Å². The molecule has 2 rings (SSSR count). The van der Waals surface area contributed by atoms with Crippen LogP contribution in [0.25, 0.3) is 0 Å². The van der Waals surface area contributed by atoms with Crippen molar-refractivity contribution >= 4 is 31.9 Å². The lowest BCUT2D eigenvalue weighted by molar-refractivity contribution is -0.119. The lowest BCUT2D eigenvalue weighted by Gasteiger charge is -2.16. The van der Waals surface area contributed by atoms with E-state index in [1.807, 2.05) is 0 Å². The van der Waals surface area contributed by atoms with Gasteiger partial charge in [0.05, 0.1) is 0 Å². The lowest BCUT2D eigenvalue weighted by Crippen LogP contribution is -2.37. The number of hydrogen-bond acceptors (Lipinski definition) is 5. The predicted octanol–water partition coefficient (Wildman–Crippen LogP) is -0.523. The van der Waals surface area contributed by atoms with Crippen molar-refractivity contribution in [3.05, 3.63) is 4.60 Å². The van der Waals surface area contributed by atoms with Crippen molar-refractivity contribution in [2.45, 2.75) is 24.4 Å². The smallest absolute Gasteiger partial charge is 0.263 e. The molecule has 0 spiro atoms. The van der Waals surface area contributed by atoms with E-state index in [1.54, 1.807) is 0 Å². The van der Waals surface area contributed by atoms with Crippen LogP contribution < -0.4 is 5.32 Å². The number of nitrogens with one attached hydrogen (secondary N) is 1. The summed E-state index contributed by atoms with van der Waals surface area (Å²) in [5.41, 5.74) is 0. The molecule has 0 aliphatic carbocycles. The summed E-state index contributed by atoms with van der Waals surface area (Å²) in [7, 11) is -2.13. The number of carbonyl (C=O) groups excluding carboxylic acids is 1. The van der Waals surface area contributed by atoms with Gasteiger partial charge in [0.2, 0.25) is 10.9 Å². The number of halogens is 1. The molecule has 1 aliphatic heterocycles. The number of hydrogen-bond donors (Lipinski definition) is 1. The summed E-state index contributed by atoms with van der Waals surface area (Å²) in [5.74, 6) is -0.160. The van der Waals surface area contributed by atoms with Crippen LogP contribution in [0.2, 0.25) is 0 Å². The van der Waals surface area contributed by atoms with Crippen LogP contribution in [0, 0.1) is 0 Å². The van der Waals surface area contributed by atoms with Crippen molar-refractivity contribution in [1.82, 2.24) is 24.6 Å². The Balaban J connectivity index is 2.21. The molecule has 1 aromatic rings. The highest BCUT2D eigenvalue weighted by Gasteiger charge is 2.36. The molecule has 0 bridgehead atoms. The van der Waals surface area contributed by atoms with Gasteiger partial charge in [-0.25, -0.2) is 13.1 Å². The number of amides is 1. The highest BCUT2D eigenvalue weighted by molar-refractivity contribution is 9.10. The molecule has 1 aromatic heterocycles. The van der Waals surface area contributed by atoms with Gasteiger partial charge in [-0.05, 0) is 22.4 Å². The van der Waals surface area contributed by atoms with E-state index >= 15 is 0 Å². The average molecular weight is 352 g/mol. The summed E-state index contributed by atoms with van der Waals surface area (Å²) in [4.78, 5) is 11.0. The van der Waals surface area contributed by atoms with Crippen LogP contribution >= 0.6 is 15.9 Å². The Bertz CT molecular complexity index is 579. The van der Waals surface area contributed by atoms with Crippen LogP contribution in [-0.2, 0) is 21.9 Å². The molecular weight excluding hydrogens is 338 g/mol. The van der Waals surface area contributed by atoms with Gasteiger partial charge in [-0.15, -0.1) is 5.10 Å². The second-order valence-electron chi connectivity index (χ2n) is 4.36. The van der Waals surface area contributed by atoms with Gasteiger partial charge in [-0.3, -0.25) is 4.79 Å². The topological polar surface area (TPSA) is 97.2 Å². The van der Waals surface area contributed by atoms with Crippen molar-refractivity contribution in [2.24, 2.45) is 7.05 Å². The van der Waals surface area contributed by atoms with Gasteiger partial charge in [-0.1, -0.05) is 5.21 Å². The second-order valence-corrected chi connectivity index (χ2v) is 6.96. The molecule has 2 heterocycles. The fraction of sp³-hybridized carbons (Fsp3) is 0.667. The van der Waals surface area contributed by atoms with Crippen LogP contribution in [0.5, 0.6) is 0 Å². The minimum atomic E-state index is -3.65. The van der Waals surface area contributed by atoms with Gasteiger partial charge in [0.1, 0.15) is 0 Å². The third-order valence-corrected chi connectivity index (χ3v) is 5.63. The van der Waals surface area contributed by atoms with Gasteiger partial charge in [0, 0.05) is 33.1 Å². The predicted molar refractivity (Wildman–Crippen MR) is 69.7 cm³/mol. The van der Waals surface area contributed by atoms with Crippen molar-refractivity contribution in [1.29, 1.82) is 0 Å².